The van der Waals surface area contributed by atoms with Gasteiger partial charge in [-0.05, 0) is 69.7 Å². The summed E-state index contributed by atoms with van der Waals surface area (Å²) in [5.41, 5.74) is 6.20. The summed E-state index contributed by atoms with van der Waals surface area (Å²) in [4.78, 5) is 14.9. The average molecular weight is 635 g/mol. The van der Waals surface area contributed by atoms with E-state index in [0.29, 0.717) is 28.6 Å². The fourth-order valence-electron chi connectivity index (χ4n) is 5.93. The molecule has 0 radical (unpaired) electrons. The molecule has 0 fully saturated rings. The van der Waals surface area contributed by atoms with Crippen molar-refractivity contribution < 1.29 is 14.0 Å². The fourth-order valence-corrected chi connectivity index (χ4v) is 5.93. The molecule has 9 rings (SSSR count). The summed E-state index contributed by atoms with van der Waals surface area (Å²) in [6.07, 6.45) is 0. The van der Waals surface area contributed by atoms with Crippen molar-refractivity contribution in [3.05, 3.63) is 176 Å². The highest BCUT2D eigenvalue weighted by atomic mass is 16.3. The van der Waals surface area contributed by atoms with E-state index in [-0.39, 0.29) is 51.7 Å². The van der Waals surface area contributed by atoms with Crippen LogP contribution in [0, 0.1) is 0 Å². The van der Waals surface area contributed by atoms with Gasteiger partial charge in [0.25, 0.3) is 0 Å². The van der Waals surface area contributed by atoms with Gasteiger partial charge in [0.1, 0.15) is 11.2 Å². The monoisotopic (exact) mass is 634 g/mol. The summed E-state index contributed by atoms with van der Waals surface area (Å²) in [7, 11) is 0. The van der Waals surface area contributed by atoms with Gasteiger partial charge in [0.05, 0.1) is 9.60 Å². The first kappa shape index (κ1) is 22.0. The van der Waals surface area contributed by atoms with Crippen molar-refractivity contribution in [3.8, 4) is 67.5 Å². The third-order valence-corrected chi connectivity index (χ3v) is 8.39. The number of nitrogens with zero attached hydrogens (tertiary/aromatic N) is 3. The summed E-state index contributed by atoms with van der Waals surface area (Å²) < 4.78 is 67.1. The van der Waals surface area contributed by atoms with Gasteiger partial charge in [0.15, 0.2) is 17.5 Å². The SMILES string of the molecule is [2H]c1c([2H])c([2H])c2c(oc3c([2H])c(-c4cc(-c5ccccc5)cc(-c5nc(-c6ccccc6)nc(-c6ccc(-c7ccccc7)cc6)n5)c4)c([2H])c([2H])c32)c1[2H]. The van der Waals surface area contributed by atoms with Crippen molar-refractivity contribution >= 4 is 21.9 Å². The number of hydrogen-bond donors (Lipinski definition) is 0. The molecule has 0 amide bonds. The highest BCUT2D eigenvalue weighted by molar-refractivity contribution is 6.06. The maximum Gasteiger partial charge on any atom is 0.164 e. The van der Waals surface area contributed by atoms with Crippen molar-refractivity contribution in [2.75, 3.05) is 0 Å². The Bertz CT molecular complexity index is 2970. The molecule has 0 aliphatic heterocycles. The van der Waals surface area contributed by atoms with E-state index in [0.717, 1.165) is 33.4 Å². The number of fused-ring (bicyclic) bond motifs is 3. The normalized spacial score (nSPS) is 13.3. The van der Waals surface area contributed by atoms with Crippen molar-refractivity contribution in [1.29, 1.82) is 0 Å². The van der Waals surface area contributed by atoms with Crippen molar-refractivity contribution in [2.45, 2.75) is 0 Å². The lowest BCUT2D eigenvalue weighted by Gasteiger charge is -2.13. The molecule has 0 spiro atoms. The predicted octanol–water partition coefficient (Wildman–Crippen LogP) is 11.8. The number of aromatic nitrogens is 3. The van der Waals surface area contributed by atoms with Crippen LogP contribution in [0.2, 0.25) is 0 Å². The Hall–Kier alpha value is -6.65. The quantitative estimate of drug-likeness (QED) is 0.183. The third kappa shape index (κ3) is 5.56. The number of rotatable bonds is 6. The Morgan fingerprint density at radius 2 is 0.816 bits per heavy atom. The summed E-state index contributed by atoms with van der Waals surface area (Å²) in [6.45, 7) is 0. The molecule has 4 nitrogen and oxygen atoms in total. The van der Waals surface area contributed by atoms with Crippen LogP contribution in [0.4, 0.5) is 0 Å². The first-order valence-corrected chi connectivity index (χ1v) is 15.8. The summed E-state index contributed by atoms with van der Waals surface area (Å²) in [6, 6.07) is 40.4. The Morgan fingerprint density at radius 1 is 0.367 bits per heavy atom. The molecule has 4 heteroatoms. The first-order chi connectivity index (χ1) is 27.2. The second-order valence-corrected chi connectivity index (χ2v) is 11.5. The molecule has 0 saturated carbocycles. The Balaban J connectivity index is 1.28. The van der Waals surface area contributed by atoms with Crippen LogP contribution in [-0.4, -0.2) is 15.0 Å². The lowest BCUT2D eigenvalue weighted by molar-refractivity contribution is 0.669. The van der Waals surface area contributed by atoms with E-state index in [9.17, 15) is 2.74 Å². The molecule has 2 heterocycles. The molecule has 0 saturated heterocycles. The zero-order chi connectivity index (χ0) is 38.7. The van der Waals surface area contributed by atoms with Gasteiger partial charge < -0.3 is 4.42 Å². The largest absolute Gasteiger partial charge is 0.456 e. The smallest absolute Gasteiger partial charge is 0.164 e. The standard InChI is InChI=1S/C45H29N3O/c1-4-12-30(13-5-1)32-20-22-34(23-21-32)44-46-43(33-16-8-3-9-17-33)47-45(48-44)38-27-36(31-14-6-2-7-15-31)26-37(28-38)35-24-25-40-39-18-10-11-19-41(39)49-42(40)29-35/h1-29H/i10D,11D,18D,19D,24D,25D,29D. The lowest BCUT2D eigenvalue weighted by atomic mass is 9.95. The molecule has 230 valence electrons. The zero-order valence-electron chi connectivity index (χ0n) is 33.0. The minimum atomic E-state index is -0.482. The Labute approximate surface area is 293 Å². The van der Waals surface area contributed by atoms with E-state index in [1.54, 1.807) is 6.07 Å². The van der Waals surface area contributed by atoms with E-state index in [2.05, 4.69) is 12.1 Å². The van der Waals surface area contributed by atoms with Crippen LogP contribution in [0.1, 0.15) is 9.60 Å². The van der Waals surface area contributed by atoms with Gasteiger partial charge >= 0.3 is 0 Å². The van der Waals surface area contributed by atoms with Crippen LogP contribution in [0.5, 0.6) is 0 Å². The highest BCUT2D eigenvalue weighted by Gasteiger charge is 2.16. The van der Waals surface area contributed by atoms with E-state index >= 15 is 0 Å². The topological polar surface area (TPSA) is 51.8 Å². The molecule has 9 aromatic rings. The molecule has 0 aliphatic rings. The van der Waals surface area contributed by atoms with E-state index in [1.165, 1.54) is 0 Å². The fraction of sp³-hybridized carbons (Fsp3) is 0. The molecule has 0 unspecified atom stereocenters. The van der Waals surface area contributed by atoms with Crippen LogP contribution in [0.3, 0.4) is 0 Å². The molecule has 7 aromatic carbocycles. The number of hydrogen-bond acceptors (Lipinski definition) is 4. The van der Waals surface area contributed by atoms with Crippen LogP contribution in [0.15, 0.2) is 180 Å². The van der Waals surface area contributed by atoms with Gasteiger partial charge in [-0.3, -0.25) is 0 Å². The van der Waals surface area contributed by atoms with Gasteiger partial charge in [-0.2, -0.15) is 0 Å². The van der Waals surface area contributed by atoms with Crippen LogP contribution in [0.25, 0.3) is 89.5 Å². The Kier molecular flexibility index (Phi) is 5.47. The second kappa shape index (κ2) is 12.2. The van der Waals surface area contributed by atoms with Crippen LogP contribution in [-0.2, 0) is 0 Å². The third-order valence-electron chi connectivity index (χ3n) is 8.39. The lowest BCUT2D eigenvalue weighted by Crippen LogP contribution is -2.00. The number of para-hydroxylation sites is 1. The average Bonchev–Trinajstić information content (AvgIpc) is 3.67. The van der Waals surface area contributed by atoms with E-state index in [1.807, 2.05) is 115 Å². The van der Waals surface area contributed by atoms with Crippen LogP contribution >= 0.6 is 0 Å². The maximum absolute atomic E-state index is 9.36. The summed E-state index contributed by atoms with van der Waals surface area (Å²) >= 11 is 0. The molecular weight excluding hydrogens is 599 g/mol. The summed E-state index contributed by atoms with van der Waals surface area (Å²) in [5.74, 6) is 1.28. The second-order valence-electron chi connectivity index (χ2n) is 11.5. The minimum Gasteiger partial charge on any atom is -0.456 e. The van der Waals surface area contributed by atoms with Crippen molar-refractivity contribution in [2.24, 2.45) is 0 Å². The van der Waals surface area contributed by atoms with Gasteiger partial charge in [-0.25, -0.2) is 15.0 Å². The molecule has 2 aromatic heterocycles. The van der Waals surface area contributed by atoms with Gasteiger partial charge in [-0.15, -0.1) is 0 Å². The minimum absolute atomic E-state index is 0.00178. The van der Waals surface area contributed by atoms with Crippen LogP contribution < -0.4 is 0 Å². The zero-order valence-corrected chi connectivity index (χ0v) is 26.0. The predicted molar refractivity (Wildman–Crippen MR) is 200 cm³/mol. The molecule has 0 aliphatic carbocycles. The van der Waals surface area contributed by atoms with Crippen molar-refractivity contribution in [1.82, 2.24) is 15.0 Å². The van der Waals surface area contributed by atoms with Crippen molar-refractivity contribution in [3.63, 3.8) is 0 Å². The molecule has 0 bridgehead atoms. The first-order valence-electron chi connectivity index (χ1n) is 19.3. The van der Waals surface area contributed by atoms with Gasteiger partial charge in [0.2, 0.25) is 0 Å². The van der Waals surface area contributed by atoms with E-state index in [4.69, 9.17) is 26.2 Å². The van der Waals surface area contributed by atoms with E-state index < -0.39 is 18.1 Å². The molecule has 0 N–H and O–H groups in total. The molecular formula is C45H29N3O. The highest BCUT2D eigenvalue weighted by Crippen LogP contribution is 2.36. The Morgan fingerprint density at radius 3 is 1.47 bits per heavy atom. The maximum atomic E-state index is 9.36. The van der Waals surface area contributed by atoms with Gasteiger partial charge in [0, 0.05) is 27.5 Å². The molecule has 0 atom stereocenters. The number of furan rings is 1. The number of benzene rings is 7. The molecule has 49 heavy (non-hydrogen) atoms. The summed E-state index contributed by atoms with van der Waals surface area (Å²) in [5, 5.41) is -0.0238. The van der Waals surface area contributed by atoms with Gasteiger partial charge in [-0.1, -0.05) is 139 Å².